The van der Waals surface area contributed by atoms with Crippen LogP contribution >= 0.6 is 11.8 Å². The molecule has 110 valence electrons. The first-order valence-electron chi connectivity index (χ1n) is 6.36. The summed E-state index contributed by atoms with van der Waals surface area (Å²) in [6.45, 7) is 6.02. The van der Waals surface area contributed by atoms with Gasteiger partial charge in [-0.05, 0) is 19.1 Å². The van der Waals surface area contributed by atoms with Gasteiger partial charge in [-0.15, -0.1) is 6.58 Å². The van der Waals surface area contributed by atoms with E-state index in [1.54, 1.807) is 13.0 Å². The van der Waals surface area contributed by atoms with Gasteiger partial charge in [-0.2, -0.15) is 0 Å². The van der Waals surface area contributed by atoms with Crippen LogP contribution in [0.15, 0.2) is 42.1 Å². The lowest BCUT2D eigenvalue weighted by molar-refractivity contribution is -0.119. The average molecular weight is 304 g/mol. The maximum atomic E-state index is 11.8. The molecule has 0 aliphatic carbocycles. The highest BCUT2D eigenvalue weighted by Crippen LogP contribution is 2.27. The smallest absolute Gasteiger partial charge is 0.318 e. The molecule has 0 saturated heterocycles. The Bertz CT molecular complexity index is 695. The summed E-state index contributed by atoms with van der Waals surface area (Å²) in [5.41, 5.74) is 6.77. The minimum Gasteiger partial charge on any atom is -0.351 e. The van der Waals surface area contributed by atoms with Gasteiger partial charge in [0.2, 0.25) is 5.91 Å². The van der Waals surface area contributed by atoms with Gasteiger partial charge in [-0.3, -0.25) is 10.1 Å². The van der Waals surface area contributed by atoms with Gasteiger partial charge in [0, 0.05) is 6.54 Å². The number of primary amides is 1. The molecule has 2 aromatic rings. The van der Waals surface area contributed by atoms with Gasteiger partial charge in [0.15, 0.2) is 5.16 Å². The molecule has 0 saturated carbocycles. The summed E-state index contributed by atoms with van der Waals surface area (Å²) in [7, 11) is 0. The molecule has 2 rings (SSSR count). The summed E-state index contributed by atoms with van der Waals surface area (Å²) in [5, 5.41) is 2.28. The first kappa shape index (κ1) is 15.1. The van der Waals surface area contributed by atoms with Crippen LogP contribution in [-0.2, 0) is 11.3 Å². The lowest BCUT2D eigenvalue weighted by Crippen LogP contribution is -2.39. The number of imide groups is 1. The number of benzene rings is 1. The molecule has 21 heavy (non-hydrogen) atoms. The van der Waals surface area contributed by atoms with Crippen LogP contribution in [0.3, 0.4) is 0 Å². The largest absolute Gasteiger partial charge is 0.351 e. The summed E-state index contributed by atoms with van der Waals surface area (Å²) in [4.78, 5) is 27.0. The molecule has 1 heterocycles. The number of imidazole rings is 1. The molecule has 0 bridgehead atoms. The van der Waals surface area contributed by atoms with Gasteiger partial charge >= 0.3 is 6.03 Å². The number of rotatable bonds is 5. The predicted molar refractivity (Wildman–Crippen MR) is 83.0 cm³/mol. The van der Waals surface area contributed by atoms with E-state index in [1.165, 1.54) is 11.8 Å². The van der Waals surface area contributed by atoms with Crippen LogP contribution in [0.25, 0.3) is 11.0 Å². The Morgan fingerprint density at radius 1 is 1.52 bits per heavy atom. The number of carbonyl (C=O) groups excluding carboxylic acids is 2. The van der Waals surface area contributed by atoms with Crippen molar-refractivity contribution in [3.63, 3.8) is 0 Å². The second-order valence-electron chi connectivity index (χ2n) is 4.40. The molecule has 1 aromatic heterocycles. The fraction of sp³-hybridized carbons (Fsp3) is 0.214. The van der Waals surface area contributed by atoms with Gasteiger partial charge in [0.25, 0.3) is 0 Å². The van der Waals surface area contributed by atoms with Crippen LogP contribution < -0.4 is 11.1 Å². The van der Waals surface area contributed by atoms with Crippen LogP contribution in [0.2, 0.25) is 0 Å². The van der Waals surface area contributed by atoms with Crippen LogP contribution in [0.4, 0.5) is 4.79 Å². The number of thioether (sulfide) groups is 1. The van der Waals surface area contributed by atoms with E-state index in [4.69, 9.17) is 5.73 Å². The zero-order valence-corrected chi connectivity index (χ0v) is 12.4. The first-order valence-corrected chi connectivity index (χ1v) is 7.24. The number of fused-ring (bicyclic) bond motifs is 1. The van der Waals surface area contributed by atoms with Crippen LogP contribution in [0, 0.1) is 0 Å². The topological polar surface area (TPSA) is 90.0 Å². The van der Waals surface area contributed by atoms with Crippen LogP contribution in [0.5, 0.6) is 0 Å². The number of hydrogen-bond donors (Lipinski definition) is 2. The Morgan fingerprint density at radius 3 is 2.90 bits per heavy atom. The molecular weight excluding hydrogens is 288 g/mol. The van der Waals surface area contributed by atoms with E-state index in [2.05, 4.69) is 16.9 Å². The summed E-state index contributed by atoms with van der Waals surface area (Å²) in [6, 6.07) is 6.86. The number of nitrogens with one attached hydrogen (secondary N) is 1. The minimum atomic E-state index is -0.855. The SMILES string of the molecule is C=CCn1c(SC(C)C(=O)NC(N)=O)nc2ccccc21. The van der Waals surface area contributed by atoms with E-state index in [0.29, 0.717) is 11.7 Å². The van der Waals surface area contributed by atoms with Crippen LogP contribution in [0.1, 0.15) is 6.92 Å². The molecule has 0 aliphatic rings. The highest BCUT2D eigenvalue weighted by atomic mass is 32.2. The van der Waals surface area contributed by atoms with Crippen molar-refractivity contribution in [3.8, 4) is 0 Å². The average Bonchev–Trinajstić information content (AvgIpc) is 2.76. The van der Waals surface area contributed by atoms with Gasteiger partial charge < -0.3 is 10.3 Å². The molecule has 1 unspecified atom stereocenters. The second kappa shape index (κ2) is 6.45. The third-order valence-electron chi connectivity index (χ3n) is 2.83. The Hall–Kier alpha value is -2.28. The fourth-order valence-corrected chi connectivity index (χ4v) is 2.82. The summed E-state index contributed by atoms with van der Waals surface area (Å²) in [5.74, 6) is -0.440. The number of urea groups is 1. The molecule has 0 radical (unpaired) electrons. The van der Waals surface area contributed by atoms with E-state index in [9.17, 15) is 9.59 Å². The molecule has 1 aromatic carbocycles. The number of carbonyl (C=O) groups is 2. The molecule has 6 nitrogen and oxygen atoms in total. The maximum absolute atomic E-state index is 11.8. The molecule has 3 amide bonds. The van der Waals surface area contributed by atoms with E-state index in [1.807, 2.05) is 28.8 Å². The molecule has 0 aliphatic heterocycles. The summed E-state index contributed by atoms with van der Waals surface area (Å²) >= 11 is 1.27. The molecule has 7 heteroatoms. The van der Waals surface area contributed by atoms with Gasteiger partial charge in [-0.1, -0.05) is 30.0 Å². The number of para-hydroxylation sites is 2. The van der Waals surface area contributed by atoms with Crippen molar-refractivity contribution in [3.05, 3.63) is 36.9 Å². The first-order chi connectivity index (χ1) is 10.0. The molecule has 0 fully saturated rings. The van der Waals surface area contributed by atoms with Gasteiger partial charge in [0.05, 0.1) is 16.3 Å². The Labute approximate surface area is 126 Å². The van der Waals surface area contributed by atoms with Crippen molar-refractivity contribution < 1.29 is 9.59 Å². The van der Waals surface area contributed by atoms with Gasteiger partial charge in [0.1, 0.15) is 0 Å². The van der Waals surface area contributed by atoms with Crippen molar-refractivity contribution in [1.29, 1.82) is 0 Å². The number of amides is 3. The van der Waals surface area contributed by atoms with Gasteiger partial charge in [-0.25, -0.2) is 9.78 Å². The normalized spacial score (nSPS) is 12.0. The number of nitrogens with zero attached hydrogens (tertiary/aromatic N) is 2. The second-order valence-corrected chi connectivity index (χ2v) is 5.70. The summed E-state index contributed by atoms with van der Waals surface area (Å²) < 4.78 is 1.97. The van der Waals surface area contributed by atoms with E-state index in [-0.39, 0.29) is 0 Å². The van der Waals surface area contributed by atoms with E-state index in [0.717, 1.165) is 11.0 Å². The third-order valence-corrected chi connectivity index (χ3v) is 3.92. The van der Waals surface area contributed by atoms with E-state index < -0.39 is 17.2 Å². The Balaban J connectivity index is 2.28. The Morgan fingerprint density at radius 2 is 2.24 bits per heavy atom. The molecule has 3 N–H and O–H groups in total. The maximum Gasteiger partial charge on any atom is 0.318 e. The molecular formula is C14H16N4O2S. The van der Waals surface area contributed by atoms with Crippen LogP contribution in [-0.4, -0.2) is 26.7 Å². The predicted octanol–water partition coefficient (Wildman–Crippen LogP) is 1.90. The van der Waals surface area contributed by atoms with E-state index >= 15 is 0 Å². The number of aromatic nitrogens is 2. The van der Waals surface area contributed by atoms with Crippen molar-refractivity contribution in [2.75, 3.05) is 0 Å². The van der Waals surface area contributed by atoms with Crippen molar-refractivity contribution in [2.24, 2.45) is 5.73 Å². The van der Waals surface area contributed by atoms with Crippen molar-refractivity contribution in [2.45, 2.75) is 23.9 Å². The van der Waals surface area contributed by atoms with Crippen molar-refractivity contribution in [1.82, 2.24) is 14.9 Å². The summed E-state index contributed by atoms with van der Waals surface area (Å²) in [6.07, 6.45) is 1.77. The number of allylic oxidation sites excluding steroid dienone is 1. The van der Waals surface area contributed by atoms with Crippen molar-refractivity contribution >= 4 is 34.7 Å². The Kier molecular flexibility index (Phi) is 4.64. The quantitative estimate of drug-likeness (QED) is 0.652. The standard InChI is InChI=1S/C14H16N4O2S/c1-3-8-18-11-7-5-4-6-10(11)16-14(18)21-9(2)12(19)17-13(15)20/h3-7,9H,1,8H2,2H3,(H3,15,17,19,20). The lowest BCUT2D eigenvalue weighted by Gasteiger charge is -2.11. The molecule has 1 atom stereocenters. The highest BCUT2D eigenvalue weighted by Gasteiger charge is 2.19. The number of nitrogens with two attached hydrogens (primary N) is 1. The third kappa shape index (κ3) is 3.43. The fourth-order valence-electron chi connectivity index (χ4n) is 1.88. The minimum absolute atomic E-state index is 0.440. The molecule has 0 spiro atoms. The zero-order chi connectivity index (χ0) is 15.4. The monoisotopic (exact) mass is 304 g/mol. The number of hydrogen-bond acceptors (Lipinski definition) is 4. The zero-order valence-electron chi connectivity index (χ0n) is 11.6. The lowest BCUT2D eigenvalue weighted by atomic mass is 10.3. The highest BCUT2D eigenvalue weighted by molar-refractivity contribution is 8.00.